The molecule has 0 aliphatic carbocycles. The Balaban J connectivity index is 1.02. The molecule has 58 heavy (non-hydrogen) atoms. The summed E-state index contributed by atoms with van der Waals surface area (Å²) in [6.07, 6.45) is 0. The summed E-state index contributed by atoms with van der Waals surface area (Å²) in [5, 5.41) is 8.69. The Morgan fingerprint density at radius 3 is 1.43 bits per heavy atom. The Morgan fingerprint density at radius 1 is 0.345 bits per heavy atom. The van der Waals surface area contributed by atoms with Gasteiger partial charge in [-0.15, -0.1) is 0 Å². The van der Waals surface area contributed by atoms with Crippen LogP contribution >= 0.6 is 0 Å². The number of benzene rings is 9. The van der Waals surface area contributed by atoms with E-state index in [2.05, 4.69) is 153 Å². The fourth-order valence-corrected chi connectivity index (χ4v) is 9.48. The van der Waals surface area contributed by atoms with Crippen LogP contribution in [0.25, 0.3) is 116 Å². The highest BCUT2D eigenvalue weighted by Crippen LogP contribution is 2.42. The number of fused-ring (bicyclic) bond motifs is 12. The van der Waals surface area contributed by atoms with Crippen molar-refractivity contribution in [2.24, 2.45) is 0 Å². The number of nitrogens with zero attached hydrogens (tertiary/aromatic N) is 3. The van der Waals surface area contributed by atoms with Crippen molar-refractivity contribution in [3.05, 3.63) is 200 Å². The first-order valence-corrected chi connectivity index (χ1v) is 19.4. The zero-order valence-electron chi connectivity index (χ0n) is 35.9. The van der Waals surface area contributed by atoms with Gasteiger partial charge < -0.3 is 18.1 Å². The Morgan fingerprint density at radius 2 is 0.845 bits per heavy atom. The number of hydrogen-bond donors (Lipinski definition) is 0. The van der Waals surface area contributed by atoms with Gasteiger partial charge in [-0.1, -0.05) is 115 Å². The highest BCUT2D eigenvalue weighted by atomic mass is 16.3. The van der Waals surface area contributed by atoms with E-state index in [1.807, 2.05) is 24.3 Å². The van der Waals surface area contributed by atoms with Crippen LogP contribution in [0.1, 0.15) is 6.85 Å². The molecule has 0 saturated carbocycles. The van der Waals surface area contributed by atoms with E-state index >= 15 is 0 Å². The topological polar surface area (TPSA) is 27.9 Å². The summed E-state index contributed by atoms with van der Waals surface area (Å²) in [6.45, 7) is 0. The fraction of sp³-hybridized carbons (Fsp3) is 0. The van der Waals surface area contributed by atoms with E-state index in [4.69, 9.17) is 11.3 Å². The molecule has 0 unspecified atom stereocenters. The van der Waals surface area contributed by atoms with Crippen LogP contribution in [-0.2, 0) is 0 Å². The van der Waals surface area contributed by atoms with E-state index in [0.717, 1.165) is 60.7 Å². The van der Waals surface area contributed by atoms with Crippen LogP contribution < -0.4 is 0 Å². The summed E-state index contributed by atoms with van der Waals surface area (Å²) in [5.74, 6) is 0. The number of aromatic nitrogens is 3. The molecule has 0 N–H and O–H groups in total. The maximum Gasteiger partial charge on any atom is 0.137 e. The maximum atomic E-state index is 8.69. The first kappa shape index (κ1) is 26.9. The minimum absolute atomic E-state index is 0.159. The normalized spacial score (nSPS) is 13.3. The van der Waals surface area contributed by atoms with Crippen LogP contribution in [0.2, 0.25) is 0 Å². The van der Waals surface area contributed by atoms with Gasteiger partial charge in [-0.25, -0.2) is 0 Å². The van der Waals surface area contributed by atoms with Crippen molar-refractivity contribution in [3.63, 3.8) is 0 Å². The van der Waals surface area contributed by atoms with Crippen LogP contribution in [0, 0.1) is 0 Å². The lowest BCUT2D eigenvalue weighted by Gasteiger charge is -2.12. The highest BCUT2D eigenvalue weighted by Gasteiger charge is 2.21. The molecule has 0 radical (unpaired) electrons. The standard InChI is InChI=1S/C54H33N3O/c1-2-13-34(14-3-1)35-25-30-52-44(31-35)54-51(23-12-24-53(54)58-52)57-48-22-11-7-18-41(48)43-33-37(27-29-50(43)57)56-47-21-10-6-17-40(47)42-32-36(26-28-49(42)56)55-45-19-8-4-15-38(45)39-16-5-9-20-46(39)55/h1-33H/i1D,2D,3D,13D,14D. The molecule has 13 aromatic rings. The lowest BCUT2D eigenvalue weighted by molar-refractivity contribution is 0.669. The predicted molar refractivity (Wildman–Crippen MR) is 242 cm³/mol. The molecule has 0 amide bonds. The van der Waals surface area contributed by atoms with Crippen LogP contribution in [0.4, 0.5) is 0 Å². The fourth-order valence-electron chi connectivity index (χ4n) is 9.48. The van der Waals surface area contributed by atoms with Crippen LogP contribution in [0.5, 0.6) is 0 Å². The van der Waals surface area contributed by atoms with Crippen molar-refractivity contribution < 1.29 is 11.3 Å². The third kappa shape index (κ3) is 4.34. The van der Waals surface area contributed by atoms with Gasteiger partial charge in [0, 0.05) is 49.1 Å². The number of furan rings is 1. The second-order valence-electron chi connectivity index (χ2n) is 14.9. The molecule has 0 aliphatic heterocycles. The van der Waals surface area contributed by atoms with Gasteiger partial charge in [0.15, 0.2) is 0 Å². The van der Waals surface area contributed by atoms with Crippen molar-refractivity contribution in [2.75, 3.05) is 0 Å². The van der Waals surface area contributed by atoms with Crippen molar-refractivity contribution in [1.29, 1.82) is 0 Å². The average molecular weight is 745 g/mol. The van der Waals surface area contributed by atoms with Crippen molar-refractivity contribution >= 4 is 87.4 Å². The molecule has 0 aliphatic rings. The molecule has 4 nitrogen and oxygen atoms in total. The molecule has 0 atom stereocenters. The monoisotopic (exact) mass is 744 g/mol. The lowest BCUT2D eigenvalue weighted by atomic mass is 10.0. The smallest absolute Gasteiger partial charge is 0.137 e. The van der Waals surface area contributed by atoms with E-state index < -0.39 is 6.04 Å². The first-order chi connectivity index (χ1) is 30.9. The summed E-state index contributed by atoms with van der Waals surface area (Å²) in [5.41, 5.74) is 11.8. The Labute approximate surface area is 339 Å². The predicted octanol–water partition coefficient (Wildman–Crippen LogP) is 14.5. The van der Waals surface area contributed by atoms with Crippen LogP contribution in [-0.4, -0.2) is 13.7 Å². The minimum Gasteiger partial charge on any atom is -0.456 e. The van der Waals surface area contributed by atoms with Gasteiger partial charge in [-0.2, -0.15) is 0 Å². The Hall–Kier alpha value is -7.82. The van der Waals surface area contributed by atoms with E-state index in [1.54, 1.807) is 6.07 Å². The van der Waals surface area contributed by atoms with Crippen LogP contribution in [0.3, 0.4) is 0 Å². The summed E-state index contributed by atoms with van der Waals surface area (Å²) < 4.78 is 55.6. The van der Waals surface area contributed by atoms with Gasteiger partial charge >= 0.3 is 0 Å². The average Bonchev–Trinajstić information content (AvgIpc) is 4.06. The van der Waals surface area contributed by atoms with Gasteiger partial charge in [0.05, 0.1) is 51.0 Å². The van der Waals surface area contributed by atoms with E-state index in [-0.39, 0.29) is 29.7 Å². The molecule has 0 fully saturated rings. The molecule has 4 aromatic heterocycles. The quantitative estimate of drug-likeness (QED) is 0.176. The molecule has 0 spiro atoms. The molecule has 4 heteroatoms. The molecular weight excluding hydrogens is 707 g/mol. The van der Waals surface area contributed by atoms with Gasteiger partial charge in [0.2, 0.25) is 0 Å². The summed E-state index contributed by atoms with van der Waals surface area (Å²) in [6, 6.07) is 57.8. The van der Waals surface area contributed by atoms with Gasteiger partial charge in [-0.3, -0.25) is 0 Å². The summed E-state index contributed by atoms with van der Waals surface area (Å²) in [4.78, 5) is 0. The van der Waals surface area contributed by atoms with Gasteiger partial charge in [0.1, 0.15) is 11.2 Å². The molecule has 4 heterocycles. The SMILES string of the molecule is [2H]c1c([2H])c([2H])c(-c2ccc3oc4cccc(-n5c6ccccc6c6cc(-n7c8ccccc8c8cc(-n9c%10ccccc%10c%10ccccc%109)ccc87)ccc65)c4c3c2)c([2H])c1[2H]. The second kappa shape index (κ2) is 11.8. The third-order valence-electron chi connectivity index (χ3n) is 11.9. The highest BCUT2D eigenvalue weighted by molar-refractivity contribution is 6.16. The first-order valence-electron chi connectivity index (χ1n) is 21.9. The van der Waals surface area contributed by atoms with E-state index in [9.17, 15) is 0 Å². The number of rotatable bonds is 4. The van der Waals surface area contributed by atoms with E-state index in [1.165, 1.54) is 32.6 Å². The summed E-state index contributed by atoms with van der Waals surface area (Å²) >= 11 is 0. The lowest BCUT2D eigenvalue weighted by Crippen LogP contribution is -1.97. The Kier molecular flexibility index (Phi) is 5.49. The van der Waals surface area contributed by atoms with Gasteiger partial charge in [-0.05, 0) is 96.1 Å². The zero-order valence-corrected chi connectivity index (χ0v) is 30.9. The molecule has 0 bridgehead atoms. The number of para-hydroxylation sites is 4. The molecular formula is C54H33N3O. The van der Waals surface area contributed by atoms with Crippen LogP contribution in [0.15, 0.2) is 204 Å². The van der Waals surface area contributed by atoms with Crippen molar-refractivity contribution in [3.8, 4) is 28.2 Å². The van der Waals surface area contributed by atoms with E-state index in [0.29, 0.717) is 16.7 Å². The number of hydrogen-bond acceptors (Lipinski definition) is 1. The molecule has 270 valence electrons. The molecule has 0 saturated heterocycles. The second-order valence-corrected chi connectivity index (χ2v) is 14.9. The molecule has 13 rings (SSSR count). The van der Waals surface area contributed by atoms with Gasteiger partial charge in [0.25, 0.3) is 0 Å². The third-order valence-corrected chi connectivity index (χ3v) is 11.9. The molecule has 9 aromatic carbocycles. The minimum atomic E-state index is -0.414. The largest absolute Gasteiger partial charge is 0.456 e. The summed E-state index contributed by atoms with van der Waals surface area (Å²) in [7, 11) is 0. The maximum absolute atomic E-state index is 8.69. The van der Waals surface area contributed by atoms with Crippen molar-refractivity contribution in [2.45, 2.75) is 0 Å². The zero-order chi connectivity index (χ0) is 42.2. The Bertz CT molecular complexity index is 4030. The van der Waals surface area contributed by atoms with Crippen molar-refractivity contribution in [1.82, 2.24) is 13.7 Å².